The minimum atomic E-state index is -0.273. The molecule has 6 heteroatoms. The highest BCUT2D eigenvalue weighted by Gasteiger charge is 2.21. The Kier molecular flexibility index (Phi) is 8.52. The molecule has 0 amide bonds. The summed E-state index contributed by atoms with van der Waals surface area (Å²) in [5, 5.41) is 8.18. The van der Waals surface area contributed by atoms with Gasteiger partial charge in [0.25, 0.3) is 0 Å². The fourth-order valence-corrected chi connectivity index (χ4v) is 9.19. The van der Waals surface area contributed by atoms with Crippen molar-refractivity contribution in [1.82, 2.24) is 0 Å². The van der Waals surface area contributed by atoms with Gasteiger partial charge in [-0.05, 0) is 230 Å². The van der Waals surface area contributed by atoms with Gasteiger partial charge < -0.3 is 18.6 Å². The Morgan fingerprint density at radius 3 is 1.26 bits per heavy atom. The first-order valence-electron chi connectivity index (χ1n) is 20.9. The summed E-state index contributed by atoms with van der Waals surface area (Å²) in [5.74, 6) is -0.544. The Hall–Kier alpha value is -7.44. The third-order valence-corrected chi connectivity index (χ3v) is 13.0. The number of rotatable bonds is 6. The minimum absolute atomic E-state index is 0.272. The van der Waals surface area contributed by atoms with Crippen molar-refractivity contribution in [3.63, 3.8) is 0 Å². The van der Waals surface area contributed by atoms with Crippen LogP contribution in [0.1, 0.15) is 33.4 Å². The van der Waals surface area contributed by atoms with Crippen molar-refractivity contribution in [3.8, 4) is 0 Å². The van der Waals surface area contributed by atoms with Crippen molar-refractivity contribution < 1.29 is 17.6 Å². The van der Waals surface area contributed by atoms with Gasteiger partial charge in [-0.25, -0.2) is 8.78 Å². The zero-order valence-electron chi connectivity index (χ0n) is 35.3. The number of benzene rings is 9. The zero-order valence-corrected chi connectivity index (χ0v) is 35.3. The molecule has 11 aromatic rings. The van der Waals surface area contributed by atoms with Gasteiger partial charge in [0.05, 0.1) is 5.39 Å². The molecule has 9 aromatic carbocycles. The van der Waals surface area contributed by atoms with Crippen LogP contribution >= 0.6 is 0 Å². The standard InChI is InChI=1S/C56H42F2N2O2/c1-31-21-47(22-32(2)35(31)5)59(43-15-9-41(57)10-16-43)45-13-7-37-27-50-49-19-20-52-55(56(49)62-53(50)29-39(37)25-45)51-28-38-8-14-46(26-40(38)30-54(51)61-52)60(44-17-11-42(58)12-18-44)48-23-33(3)36(6)34(4)24-48/h7-30H,1-6H3. The van der Waals surface area contributed by atoms with Gasteiger partial charge >= 0.3 is 0 Å². The third-order valence-electron chi connectivity index (χ3n) is 13.0. The first-order valence-corrected chi connectivity index (χ1v) is 20.9. The van der Waals surface area contributed by atoms with E-state index in [0.29, 0.717) is 0 Å². The van der Waals surface area contributed by atoms with Crippen LogP contribution in [0.25, 0.3) is 65.4 Å². The number of fused-ring (bicyclic) bond motifs is 9. The highest BCUT2D eigenvalue weighted by Crippen LogP contribution is 2.44. The molecule has 4 nitrogen and oxygen atoms in total. The van der Waals surface area contributed by atoms with E-state index >= 15 is 0 Å². The molecule has 0 fully saturated rings. The average Bonchev–Trinajstić information content (AvgIpc) is 3.81. The largest absolute Gasteiger partial charge is 0.456 e. The second-order valence-corrected chi connectivity index (χ2v) is 16.8. The number of nitrogens with zero attached hydrogens (tertiary/aromatic N) is 2. The van der Waals surface area contributed by atoms with Crippen LogP contribution in [0, 0.1) is 53.2 Å². The molecule has 2 heterocycles. The lowest BCUT2D eigenvalue weighted by Gasteiger charge is -2.27. The smallest absolute Gasteiger partial charge is 0.147 e. The second kappa shape index (κ2) is 14.1. The van der Waals surface area contributed by atoms with Crippen LogP contribution in [0.4, 0.5) is 42.9 Å². The van der Waals surface area contributed by atoms with Crippen LogP contribution in [0.5, 0.6) is 0 Å². The predicted molar refractivity (Wildman–Crippen MR) is 254 cm³/mol. The third kappa shape index (κ3) is 6.08. The fraction of sp³-hybridized carbons (Fsp3) is 0.107. The molecule has 0 N–H and O–H groups in total. The van der Waals surface area contributed by atoms with E-state index in [-0.39, 0.29) is 11.6 Å². The number of hydrogen-bond acceptors (Lipinski definition) is 4. The predicted octanol–water partition coefficient (Wildman–Crippen LogP) is 16.9. The van der Waals surface area contributed by atoms with E-state index in [4.69, 9.17) is 8.83 Å². The van der Waals surface area contributed by atoms with Crippen molar-refractivity contribution in [2.45, 2.75) is 41.5 Å². The van der Waals surface area contributed by atoms with Crippen molar-refractivity contribution in [1.29, 1.82) is 0 Å². The highest BCUT2D eigenvalue weighted by atomic mass is 19.1. The first-order chi connectivity index (χ1) is 30.0. The zero-order chi connectivity index (χ0) is 42.6. The molecule has 11 rings (SSSR count). The summed E-state index contributed by atoms with van der Waals surface area (Å²) in [4.78, 5) is 4.36. The van der Waals surface area contributed by atoms with Gasteiger partial charge in [0.1, 0.15) is 34.0 Å². The van der Waals surface area contributed by atoms with Crippen molar-refractivity contribution in [2.24, 2.45) is 0 Å². The van der Waals surface area contributed by atoms with E-state index in [9.17, 15) is 8.78 Å². The Balaban J connectivity index is 1.03. The van der Waals surface area contributed by atoms with Crippen LogP contribution in [-0.4, -0.2) is 0 Å². The van der Waals surface area contributed by atoms with Crippen molar-refractivity contribution >= 4 is 99.5 Å². The Morgan fingerprint density at radius 1 is 0.339 bits per heavy atom. The summed E-state index contributed by atoms with van der Waals surface area (Å²) >= 11 is 0. The Morgan fingerprint density at radius 2 is 0.774 bits per heavy atom. The minimum Gasteiger partial charge on any atom is -0.456 e. The SMILES string of the molecule is Cc1cc(N(c2ccc(F)cc2)c2ccc3cc4c(cc3c2)oc2c4ccc3oc4cc5cc(N(c6ccc(F)cc6)c6cc(C)c(C)c(C)c6)ccc5cc4c32)cc(C)c1C. The van der Waals surface area contributed by atoms with E-state index in [2.05, 4.69) is 142 Å². The number of furan rings is 2. The van der Waals surface area contributed by atoms with Crippen LogP contribution in [0.15, 0.2) is 154 Å². The number of anilines is 6. The summed E-state index contributed by atoms with van der Waals surface area (Å²) in [7, 11) is 0. The Bertz CT molecular complexity index is 3570. The van der Waals surface area contributed by atoms with Gasteiger partial charge in [0.2, 0.25) is 0 Å². The van der Waals surface area contributed by atoms with Crippen LogP contribution in [0.2, 0.25) is 0 Å². The maximum absolute atomic E-state index is 14.2. The van der Waals surface area contributed by atoms with Gasteiger partial charge in [-0.15, -0.1) is 0 Å². The molecule has 0 saturated carbocycles. The van der Waals surface area contributed by atoms with Crippen LogP contribution in [-0.2, 0) is 0 Å². The first kappa shape index (κ1) is 37.6. The van der Waals surface area contributed by atoms with Gasteiger partial charge in [-0.2, -0.15) is 0 Å². The normalized spacial score (nSPS) is 11.9. The van der Waals surface area contributed by atoms with E-state index in [1.165, 1.54) is 57.6 Å². The van der Waals surface area contributed by atoms with Gasteiger partial charge in [-0.1, -0.05) is 12.1 Å². The van der Waals surface area contributed by atoms with E-state index in [1.54, 1.807) is 0 Å². The number of halogens is 2. The summed E-state index contributed by atoms with van der Waals surface area (Å²) < 4.78 is 41.7. The molecule has 0 saturated heterocycles. The van der Waals surface area contributed by atoms with Crippen molar-refractivity contribution in [2.75, 3.05) is 9.80 Å². The molecule has 0 aliphatic rings. The molecule has 2 aromatic heterocycles. The molecule has 0 aliphatic carbocycles. The van der Waals surface area contributed by atoms with E-state index in [1.807, 2.05) is 30.3 Å². The van der Waals surface area contributed by atoms with Gasteiger partial charge in [0, 0.05) is 50.3 Å². The molecule has 0 bridgehead atoms. The molecular formula is C56H42F2N2O2. The molecule has 0 spiro atoms. The van der Waals surface area contributed by atoms with Crippen LogP contribution in [0.3, 0.4) is 0 Å². The molecular weight excluding hydrogens is 771 g/mol. The molecule has 62 heavy (non-hydrogen) atoms. The van der Waals surface area contributed by atoms with Crippen LogP contribution < -0.4 is 9.80 Å². The maximum atomic E-state index is 14.2. The van der Waals surface area contributed by atoms with Gasteiger partial charge in [-0.3, -0.25) is 0 Å². The van der Waals surface area contributed by atoms with Gasteiger partial charge in [0.15, 0.2) is 0 Å². The summed E-state index contributed by atoms with van der Waals surface area (Å²) in [6.45, 7) is 12.8. The quantitative estimate of drug-likeness (QED) is 0.167. The molecule has 0 atom stereocenters. The lowest BCUT2D eigenvalue weighted by molar-refractivity contribution is 0.627. The molecule has 302 valence electrons. The summed E-state index contributed by atoms with van der Waals surface area (Å²) in [6.07, 6.45) is 0. The maximum Gasteiger partial charge on any atom is 0.147 e. The lowest BCUT2D eigenvalue weighted by atomic mass is 10.0. The molecule has 0 unspecified atom stereocenters. The van der Waals surface area contributed by atoms with E-state index < -0.39 is 0 Å². The number of aryl methyl sites for hydroxylation is 4. The summed E-state index contributed by atoms with van der Waals surface area (Å²) in [6, 6.07) is 47.7. The average molecular weight is 813 g/mol. The molecule has 0 aliphatic heterocycles. The highest BCUT2D eigenvalue weighted by molar-refractivity contribution is 6.24. The number of hydrogen-bond donors (Lipinski definition) is 0. The fourth-order valence-electron chi connectivity index (χ4n) is 9.19. The second-order valence-electron chi connectivity index (χ2n) is 16.8. The monoisotopic (exact) mass is 812 g/mol. The van der Waals surface area contributed by atoms with E-state index in [0.717, 1.165) is 99.5 Å². The lowest BCUT2D eigenvalue weighted by Crippen LogP contribution is -2.11. The topological polar surface area (TPSA) is 32.8 Å². The summed E-state index contributed by atoms with van der Waals surface area (Å²) in [5.41, 5.74) is 16.1. The Labute approximate surface area is 357 Å². The van der Waals surface area contributed by atoms with Crippen molar-refractivity contribution in [3.05, 3.63) is 191 Å². The molecule has 0 radical (unpaired) electrons.